The molecule has 1 atom stereocenters. The van der Waals surface area contributed by atoms with Crippen LogP contribution in [-0.4, -0.2) is 69.2 Å². The second kappa shape index (κ2) is 8.71. The van der Waals surface area contributed by atoms with Crippen molar-refractivity contribution < 1.29 is 9.84 Å². The van der Waals surface area contributed by atoms with Gasteiger partial charge in [-0.3, -0.25) is 9.58 Å². The fourth-order valence-corrected chi connectivity index (χ4v) is 3.65. The van der Waals surface area contributed by atoms with Crippen molar-refractivity contribution in [3.05, 3.63) is 36.9 Å². The number of benzene rings is 1. The van der Waals surface area contributed by atoms with Gasteiger partial charge in [0.25, 0.3) is 0 Å². The summed E-state index contributed by atoms with van der Waals surface area (Å²) in [6.45, 7) is 15.1. The normalized spacial score (nSPS) is 18.1. The maximum atomic E-state index is 11.5. The van der Waals surface area contributed by atoms with Gasteiger partial charge >= 0.3 is 0 Å². The minimum atomic E-state index is -0.890. The molecule has 0 aliphatic carbocycles. The lowest BCUT2D eigenvalue weighted by Crippen LogP contribution is -2.58. The maximum Gasteiger partial charge on any atom is 0.137 e. The van der Waals surface area contributed by atoms with E-state index in [0.717, 1.165) is 31.9 Å². The summed E-state index contributed by atoms with van der Waals surface area (Å²) in [5.41, 5.74) is 0.0514. The van der Waals surface area contributed by atoms with Crippen LogP contribution in [0.4, 0.5) is 5.69 Å². The Kier molecular flexibility index (Phi) is 6.49. The Morgan fingerprint density at radius 1 is 1.03 bits per heavy atom. The number of rotatable bonds is 7. The first-order valence-corrected chi connectivity index (χ1v) is 10.5. The number of anilines is 1. The molecule has 0 spiro atoms. The van der Waals surface area contributed by atoms with E-state index < -0.39 is 5.60 Å². The zero-order valence-corrected chi connectivity index (χ0v) is 18.4. The number of β-amino-alcohol motifs (C(OH)–C–C–N with tert-alkyl or cyclic N) is 1. The summed E-state index contributed by atoms with van der Waals surface area (Å²) >= 11 is 0. The quantitative estimate of drug-likeness (QED) is 0.769. The van der Waals surface area contributed by atoms with E-state index in [0.29, 0.717) is 13.1 Å². The average Bonchev–Trinajstić information content (AvgIpc) is 3.14. The van der Waals surface area contributed by atoms with Crippen LogP contribution < -0.4 is 9.64 Å². The molecule has 1 aromatic carbocycles. The Hall–Kier alpha value is -2.12. The van der Waals surface area contributed by atoms with Gasteiger partial charge in [-0.05, 0) is 43.5 Å². The molecule has 1 saturated heterocycles. The third-order valence-corrected chi connectivity index (χ3v) is 5.72. The van der Waals surface area contributed by atoms with Crippen LogP contribution in [0.25, 0.3) is 0 Å². The molecule has 0 saturated carbocycles. The van der Waals surface area contributed by atoms with Gasteiger partial charge in [0, 0.05) is 38.4 Å². The summed E-state index contributed by atoms with van der Waals surface area (Å²) in [6.07, 6.45) is 3.36. The standard InChI is InChI=1S/C22H35N5O2/c1-18(2)29-20-8-6-19(7-9-20)26-12-10-25(11-13-26)14-22(28,21(3,4)5)15-27-17-23-16-24-27/h6-9,16-18,28H,10-15H2,1-5H3. The summed E-state index contributed by atoms with van der Waals surface area (Å²) in [4.78, 5) is 8.76. The van der Waals surface area contributed by atoms with E-state index in [1.54, 1.807) is 11.0 Å². The van der Waals surface area contributed by atoms with Gasteiger partial charge in [0.2, 0.25) is 0 Å². The Labute approximate surface area is 174 Å². The fraction of sp³-hybridized carbons (Fsp3) is 0.636. The number of ether oxygens (including phenoxy) is 1. The van der Waals surface area contributed by atoms with Crippen LogP contribution in [0, 0.1) is 5.41 Å². The van der Waals surface area contributed by atoms with E-state index in [1.165, 1.54) is 12.0 Å². The lowest BCUT2D eigenvalue weighted by atomic mass is 9.76. The highest BCUT2D eigenvalue weighted by Crippen LogP contribution is 2.33. The van der Waals surface area contributed by atoms with E-state index in [4.69, 9.17) is 4.74 Å². The fourth-order valence-electron chi connectivity index (χ4n) is 3.65. The van der Waals surface area contributed by atoms with Gasteiger partial charge in [-0.15, -0.1) is 0 Å². The van der Waals surface area contributed by atoms with Gasteiger partial charge in [0.05, 0.1) is 12.6 Å². The first kappa shape index (κ1) is 21.6. The van der Waals surface area contributed by atoms with E-state index in [2.05, 4.69) is 52.8 Å². The SMILES string of the molecule is CC(C)Oc1ccc(N2CCN(CC(O)(Cn3cncn3)C(C)(C)C)CC2)cc1. The van der Waals surface area contributed by atoms with Crippen LogP contribution in [0.5, 0.6) is 5.75 Å². The third kappa shape index (κ3) is 5.48. The van der Waals surface area contributed by atoms with Gasteiger partial charge in [-0.1, -0.05) is 20.8 Å². The van der Waals surface area contributed by atoms with Gasteiger partial charge in [0.15, 0.2) is 0 Å². The highest BCUT2D eigenvalue weighted by molar-refractivity contribution is 5.49. The van der Waals surface area contributed by atoms with Crippen LogP contribution in [0.1, 0.15) is 34.6 Å². The van der Waals surface area contributed by atoms with E-state index in [9.17, 15) is 5.11 Å². The van der Waals surface area contributed by atoms with Crippen molar-refractivity contribution in [1.29, 1.82) is 0 Å². The number of aromatic nitrogens is 3. The van der Waals surface area contributed by atoms with Gasteiger partial charge < -0.3 is 14.7 Å². The summed E-state index contributed by atoms with van der Waals surface area (Å²) < 4.78 is 7.46. The highest BCUT2D eigenvalue weighted by atomic mass is 16.5. The molecule has 0 amide bonds. The van der Waals surface area contributed by atoms with Crippen molar-refractivity contribution in [2.45, 2.75) is 52.9 Å². The first-order chi connectivity index (χ1) is 13.7. The molecular formula is C22H35N5O2. The minimum absolute atomic E-state index is 0.184. The highest BCUT2D eigenvalue weighted by Gasteiger charge is 2.42. The van der Waals surface area contributed by atoms with Crippen molar-refractivity contribution in [1.82, 2.24) is 19.7 Å². The maximum absolute atomic E-state index is 11.5. The third-order valence-electron chi connectivity index (χ3n) is 5.72. The van der Waals surface area contributed by atoms with Crippen LogP contribution in [0.2, 0.25) is 0 Å². The lowest BCUT2D eigenvalue weighted by Gasteiger charge is -2.45. The van der Waals surface area contributed by atoms with Crippen LogP contribution in [0.3, 0.4) is 0 Å². The second-order valence-electron chi connectivity index (χ2n) is 9.30. The van der Waals surface area contributed by atoms with Crippen LogP contribution in [0.15, 0.2) is 36.9 Å². The number of piperazine rings is 1. The number of hydrogen-bond acceptors (Lipinski definition) is 6. The molecule has 29 heavy (non-hydrogen) atoms. The molecule has 1 N–H and O–H groups in total. The minimum Gasteiger partial charge on any atom is -0.491 e. The smallest absolute Gasteiger partial charge is 0.137 e. The van der Waals surface area contributed by atoms with Crippen molar-refractivity contribution >= 4 is 5.69 Å². The van der Waals surface area contributed by atoms with E-state index in [1.807, 2.05) is 26.0 Å². The van der Waals surface area contributed by atoms with Crippen molar-refractivity contribution in [3.63, 3.8) is 0 Å². The van der Waals surface area contributed by atoms with E-state index in [-0.39, 0.29) is 11.5 Å². The molecule has 1 aliphatic heterocycles. The molecule has 2 aromatic rings. The monoisotopic (exact) mass is 401 g/mol. The Bertz CT molecular complexity index is 747. The zero-order chi connectivity index (χ0) is 21.1. The van der Waals surface area contributed by atoms with Crippen LogP contribution in [-0.2, 0) is 6.54 Å². The topological polar surface area (TPSA) is 66.7 Å². The lowest BCUT2D eigenvalue weighted by molar-refractivity contribution is -0.0946. The van der Waals surface area contributed by atoms with Crippen molar-refractivity contribution in [3.8, 4) is 5.75 Å². The summed E-state index contributed by atoms with van der Waals surface area (Å²) in [6, 6.07) is 8.34. The van der Waals surface area contributed by atoms with Crippen molar-refractivity contribution in [2.75, 3.05) is 37.6 Å². The first-order valence-electron chi connectivity index (χ1n) is 10.5. The van der Waals surface area contributed by atoms with Crippen LogP contribution >= 0.6 is 0 Å². The average molecular weight is 402 g/mol. The summed E-state index contributed by atoms with van der Waals surface area (Å²) in [7, 11) is 0. The number of aliphatic hydroxyl groups is 1. The van der Waals surface area contributed by atoms with Crippen molar-refractivity contribution in [2.24, 2.45) is 5.41 Å². The Balaban J connectivity index is 1.59. The number of hydrogen-bond donors (Lipinski definition) is 1. The van der Waals surface area contributed by atoms with Gasteiger partial charge in [-0.2, -0.15) is 5.10 Å². The molecule has 7 heteroatoms. The van der Waals surface area contributed by atoms with Gasteiger partial charge in [0.1, 0.15) is 24.0 Å². The molecule has 2 heterocycles. The second-order valence-corrected chi connectivity index (χ2v) is 9.30. The summed E-state index contributed by atoms with van der Waals surface area (Å²) in [5, 5.41) is 15.7. The Morgan fingerprint density at radius 3 is 2.21 bits per heavy atom. The molecule has 1 unspecified atom stereocenters. The summed E-state index contributed by atoms with van der Waals surface area (Å²) in [5.74, 6) is 0.908. The molecule has 1 fully saturated rings. The Morgan fingerprint density at radius 2 is 1.69 bits per heavy atom. The molecule has 1 aliphatic rings. The number of nitrogens with zero attached hydrogens (tertiary/aromatic N) is 5. The molecule has 3 rings (SSSR count). The van der Waals surface area contributed by atoms with Gasteiger partial charge in [-0.25, -0.2) is 4.98 Å². The molecule has 160 valence electrons. The van der Waals surface area contributed by atoms with E-state index >= 15 is 0 Å². The molecule has 7 nitrogen and oxygen atoms in total. The molecule has 0 bridgehead atoms. The molecule has 1 aromatic heterocycles. The largest absolute Gasteiger partial charge is 0.491 e. The predicted octanol–water partition coefficient (Wildman–Crippen LogP) is 2.66. The molecule has 0 radical (unpaired) electrons. The zero-order valence-electron chi connectivity index (χ0n) is 18.4. The molecular weight excluding hydrogens is 366 g/mol. The predicted molar refractivity (Wildman–Crippen MR) is 115 cm³/mol.